The fourth-order valence-corrected chi connectivity index (χ4v) is 3.10. The summed E-state index contributed by atoms with van der Waals surface area (Å²) in [5, 5.41) is 3.47. The Morgan fingerprint density at radius 1 is 1.08 bits per heavy atom. The van der Waals surface area contributed by atoms with Gasteiger partial charge in [0.25, 0.3) is 5.91 Å². The zero-order valence-electron chi connectivity index (χ0n) is 14.8. The van der Waals surface area contributed by atoms with Gasteiger partial charge in [0.2, 0.25) is 0 Å². The molecule has 0 atom stereocenters. The Kier molecular flexibility index (Phi) is 6.15. The minimum atomic E-state index is -0.0846. The second kappa shape index (κ2) is 8.74. The van der Waals surface area contributed by atoms with Gasteiger partial charge in [-0.3, -0.25) is 9.69 Å². The molecular formula is C21H22N2O2S. The lowest BCUT2D eigenvalue weighted by Gasteiger charge is -2.13. The first-order valence-electron chi connectivity index (χ1n) is 8.77. The van der Waals surface area contributed by atoms with Crippen LogP contribution < -0.4 is 5.32 Å². The predicted octanol–water partition coefficient (Wildman–Crippen LogP) is 3.84. The summed E-state index contributed by atoms with van der Waals surface area (Å²) in [5.74, 6) is -0.0846. The maximum absolute atomic E-state index is 12.5. The van der Waals surface area contributed by atoms with Crippen LogP contribution in [0.3, 0.4) is 0 Å². The molecule has 1 aliphatic heterocycles. The molecule has 134 valence electrons. The lowest BCUT2D eigenvalue weighted by molar-refractivity contribution is -0.122. The third-order valence-electron chi connectivity index (χ3n) is 4.17. The highest BCUT2D eigenvalue weighted by Crippen LogP contribution is 2.21. The van der Waals surface area contributed by atoms with Crippen LogP contribution in [0.25, 0.3) is 17.2 Å². The number of carbonyl (C=O) groups excluding carboxylic acids is 1. The van der Waals surface area contributed by atoms with E-state index < -0.39 is 0 Å². The molecule has 0 saturated carbocycles. The summed E-state index contributed by atoms with van der Waals surface area (Å²) in [5.41, 5.74) is 3.79. The molecule has 0 spiro atoms. The van der Waals surface area contributed by atoms with Crippen molar-refractivity contribution in [1.82, 2.24) is 10.2 Å². The third kappa shape index (κ3) is 4.36. The first-order valence-corrected chi connectivity index (χ1v) is 9.17. The predicted molar refractivity (Wildman–Crippen MR) is 108 cm³/mol. The van der Waals surface area contributed by atoms with E-state index in [-0.39, 0.29) is 5.91 Å². The topological polar surface area (TPSA) is 41.6 Å². The van der Waals surface area contributed by atoms with Crippen molar-refractivity contribution in [3.8, 4) is 11.1 Å². The second-order valence-corrected chi connectivity index (χ2v) is 6.37. The van der Waals surface area contributed by atoms with Crippen molar-refractivity contribution in [1.29, 1.82) is 0 Å². The number of ether oxygens (including phenoxy) is 1. The Bertz CT molecular complexity index is 801. The number of rotatable bonds is 7. The van der Waals surface area contributed by atoms with Crippen LogP contribution in [0.1, 0.15) is 18.9 Å². The van der Waals surface area contributed by atoms with E-state index >= 15 is 0 Å². The molecule has 5 heteroatoms. The van der Waals surface area contributed by atoms with Gasteiger partial charge in [-0.2, -0.15) is 0 Å². The van der Waals surface area contributed by atoms with Crippen LogP contribution in [-0.2, 0) is 9.53 Å². The number of nitrogens with one attached hydrogen (secondary N) is 1. The molecule has 1 aliphatic rings. The van der Waals surface area contributed by atoms with Crippen molar-refractivity contribution < 1.29 is 9.53 Å². The molecule has 26 heavy (non-hydrogen) atoms. The standard InChI is InChI=1S/C21H22N2O2S/c1-2-25-14-6-13-23-20(24)19(22-21(23)26)15-16-9-11-18(12-10-16)17-7-4-3-5-8-17/h3-5,7-12,15H,2,6,13-14H2,1H3,(H,22,26)/b19-15+. The average molecular weight is 366 g/mol. The second-order valence-electron chi connectivity index (χ2n) is 5.98. The van der Waals surface area contributed by atoms with Crippen molar-refractivity contribution in [2.75, 3.05) is 19.8 Å². The van der Waals surface area contributed by atoms with Crippen molar-refractivity contribution in [2.45, 2.75) is 13.3 Å². The molecule has 2 aromatic rings. The third-order valence-corrected chi connectivity index (χ3v) is 4.49. The zero-order valence-corrected chi connectivity index (χ0v) is 15.6. The van der Waals surface area contributed by atoms with E-state index in [0.29, 0.717) is 30.6 Å². The molecule has 1 saturated heterocycles. The van der Waals surface area contributed by atoms with E-state index in [0.717, 1.165) is 17.5 Å². The molecule has 1 N–H and O–H groups in total. The summed E-state index contributed by atoms with van der Waals surface area (Å²) in [6, 6.07) is 18.3. The SMILES string of the molecule is CCOCCCN1C(=O)/C(=C\c2ccc(-c3ccccc3)cc2)NC1=S. The van der Waals surface area contributed by atoms with Crippen molar-refractivity contribution in [3.63, 3.8) is 0 Å². The summed E-state index contributed by atoms with van der Waals surface area (Å²) in [6.07, 6.45) is 2.60. The molecule has 4 nitrogen and oxygen atoms in total. The molecule has 0 bridgehead atoms. The Morgan fingerprint density at radius 2 is 1.77 bits per heavy atom. The molecule has 0 aliphatic carbocycles. The van der Waals surface area contributed by atoms with E-state index in [4.69, 9.17) is 17.0 Å². The molecule has 1 fully saturated rings. The van der Waals surface area contributed by atoms with Crippen LogP contribution in [0.15, 0.2) is 60.3 Å². The molecule has 1 amide bonds. The maximum Gasteiger partial charge on any atom is 0.276 e. The summed E-state index contributed by atoms with van der Waals surface area (Å²) in [7, 11) is 0. The summed E-state index contributed by atoms with van der Waals surface area (Å²) < 4.78 is 5.32. The molecular weight excluding hydrogens is 344 g/mol. The van der Waals surface area contributed by atoms with Crippen LogP contribution in [0, 0.1) is 0 Å². The van der Waals surface area contributed by atoms with Gasteiger partial charge in [0.15, 0.2) is 5.11 Å². The van der Waals surface area contributed by atoms with Crippen LogP contribution >= 0.6 is 12.2 Å². The Labute approximate surface area is 159 Å². The fourth-order valence-electron chi connectivity index (χ4n) is 2.81. The molecule has 0 aromatic heterocycles. The average Bonchev–Trinajstić information content (AvgIpc) is 2.93. The van der Waals surface area contributed by atoms with Gasteiger partial charge in [0.1, 0.15) is 5.70 Å². The highest BCUT2D eigenvalue weighted by Gasteiger charge is 2.29. The first-order chi connectivity index (χ1) is 12.7. The van der Waals surface area contributed by atoms with Crippen LogP contribution in [0.2, 0.25) is 0 Å². The lowest BCUT2D eigenvalue weighted by atomic mass is 10.0. The van der Waals surface area contributed by atoms with Gasteiger partial charge in [-0.05, 0) is 48.3 Å². The Hall–Kier alpha value is -2.50. The van der Waals surface area contributed by atoms with Crippen molar-refractivity contribution in [2.24, 2.45) is 0 Å². The van der Waals surface area contributed by atoms with Crippen LogP contribution in [-0.4, -0.2) is 35.7 Å². The summed E-state index contributed by atoms with van der Waals surface area (Å²) >= 11 is 5.29. The van der Waals surface area contributed by atoms with Gasteiger partial charge in [-0.15, -0.1) is 0 Å². The quantitative estimate of drug-likeness (QED) is 0.459. The Balaban J connectivity index is 1.68. The lowest BCUT2D eigenvalue weighted by Crippen LogP contribution is -2.32. The van der Waals surface area contributed by atoms with Gasteiger partial charge >= 0.3 is 0 Å². The number of benzene rings is 2. The minimum Gasteiger partial charge on any atom is -0.382 e. The van der Waals surface area contributed by atoms with Gasteiger partial charge in [0.05, 0.1) is 0 Å². The van der Waals surface area contributed by atoms with Gasteiger partial charge in [-0.25, -0.2) is 0 Å². The van der Waals surface area contributed by atoms with Gasteiger partial charge < -0.3 is 10.1 Å². The normalized spacial score (nSPS) is 15.6. The van der Waals surface area contributed by atoms with Gasteiger partial charge in [0, 0.05) is 19.8 Å². The van der Waals surface area contributed by atoms with Crippen LogP contribution in [0.4, 0.5) is 0 Å². The summed E-state index contributed by atoms with van der Waals surface area (Å²) in [6.45, 7) is 3.83. The molecule has 1 heterocycles. The Morgan fingerprint density at radius 3 is 2.46 bits per heavy atom. The molecule has 3 rings (SSSR count). The number of amides is 1. The van der Waals surface area contributed by atoms with E-state index in [2.05, 4.69) is 29.6 Å². The number of thiocarbonyl (C=S) groups is 1. The van der Waals surface area contributed by atoms with E-state index in [9.17, 15) is 4.79 Å². The summed E-state index contributed by atoms with van der Waals surface area (Å²) in [4.78, 5) is 14.1. The van der Waals surface area contributed by atoms with Crippen molar-refractivity contribution in [3.05, 3.63) is 65.9 Å². The maximum atomic E-state index is 12.5. The number of hydrogen-bond donors (Lipinski definition) is 1. The first kappa shape index (κ1) is 18.3. The highest BCUT2D eigenvalue weighted by atomic mass is 32.1. The van der Waals surface area contributed by atoms with E-state index in [1.54, 1.807) is 4.90 Å². The van der Waals surface area contributed by atoms with Gasteiger partial charge in [-0.1, -0.05) is 54.6 Å². The largest absolute Gasteiger partial charge is 0.382 e. The van der Waals surface area contributed by atoms with E-state index in [1.807, 2.05) is 43.3 Å². The van der Waals surface area contributed by atoms with E-state index in [1.165, 1.54) is 5.56 Å². The fraction of sp³-hybridized carbons (Fsp3) is 0.238. The van der Waals surface area contributed by atoms with Crippen molar-refractivity contribution >= 4 is 29.3 Å². The highest BCUT2D eigenvalue weighted by molar-refractivity contribution is 7.80. The molecule has 2 aromatic carbocycles. The number of hydrogen-bond acceptors (Lipinski definition) is 3. The number of nitrogens with zero attached hydrogens (tertiary/aromatic N) is 1. The van der Waals surface area contributed by atoms with Crippen LogP contribution in [0.5, 0.6) is 0 Å². The smallest absolute Gasteiger partial charge is 0.276 e. The monoisotopic (exact) mass is 366 g/mol. The molecule has 0 unspecified atom stereocenters. The minimum absolute atomic E-state index is 0.0846. The molecule has 0 radical (unpaired) electrons. The number of carbonyl (C=O) groups is 1. The zero-order chi connectivity index (χ0) is 18.4.